The zero-order chi connectivity index (χ0) is 12.2. The summed E-state index contributed by atoms with van der Waals surface area (Å²) in [7, 11) is 1.53. The summed E-state index contributed by atoms with van der Waals surface area (Å²) in [5.41, 5.74) is 0.288. The minimum Gasteiger partial charge on any atom is -0.467 e. The van der Waals surface area contributed by atoms with Crippen LogP contribution in [-0.4, -0.2) is 23.6 Å². The van der Waals surface area contributed by atoms with Crippen LogP contribution in [-0.2, 0) is 0 Å². The number of halogens is 1. The highest BCUT2D eigenvalue weighted by molar-refractivity contribution is 6.32. The largest absolute Gasteiger partial charge is 0.467 e. The van der Waals surface area contributed by atoms with Crippen LogP contribution in [0, 0.1) is 5.41 Å². The van der Waals surface area contributed by atoms with Crippen LogP contribution in [0.1, 0.15) is 27.2 Å². The fourth-order valence-corrected chi connectivity index (χ4v) is 1.29. The molecule has 0 radical (unpaired) electrons. The lowest BCUT2D eigenvalue weighted by Gasteiger charge is -2.18. The molecule has 0 aliphatic heterocycles. The Morgan fingerprint density at radius 1 is 1.44 bits per heavy atom. The summed E-state index contributed by atoms with van der Waals surface area (Å²) in [5, 5.41) is 3.69. The lowest BCUT2D eigenvalue weighted by atomic mass is 9.92. The van der Waals surface area contributed by atoms with E-state index in [1.54, 1.807) is 0 Å². The Morgan fingerprint density at radius 3 is 2.69 bits per heavy atom. The molecule has 0 atom stereocenters. The van der Waals surface area contributed by atoms with E-state index in [4.69, 9.17) is 16.3 Å². The summed E-state index contributed by atoms with van der Waals surface area (Å²) in [4.78, 5) is 8.04. The van der Waals surface area contributed by atoms with Gasteiger partial charge in [-0.1, -0.05) is 32.4 Å². The Labute approximate surface area is 101 Å². The highest BCUT2D eigenvalue weighted by Crippen LogP contribution is 2.22. The second-order valence-electron chi connectivity index (χ2n) is 4.79. The van der Waals surface area contributed by atoms with Crippen LogP contribution >= 0.6 is 11.6 Å². The maximum atomic E-state index is 5.96. The van der Waals surface area contributed by atoms with Gasteiger partial charge in [0.1, 0.15) is 5.02 Å². The molecule has 0 aromatic carbocycles. The van der Waals surface area contributed by atoms with Crippen molar-refractivity contribution in [2.75, 3.05) is 19.0 Å². The molecule has 0 bridgehead atoms. The topological polar surface area (TPSA) is 47.0 Å². The van der Waals surface area contributed by atoms with Gasteiger partial charge in [-0.25, -0.2) is 4.98 Å². The van der Waals surface area contributed by atoms with Gasteiger partial charge in [0.05, 0.1) is 13.3 Å². The van der Waals surface area contributed by atoms with Gasteiger partial charge in [0, 0.05) is 6.54 Å². The molecule has 0 aliphatic carbocycles. The first kappa shape index (κ1) is 13.0. The molecule has 5 heteroatoms. The van der Waals surface area contributed by atoms with Crippen molar-refractivity contribution in [3.05, 3.63) is 11.2 Å². The Kier molecular flexibility index (Phi) is 4.35. The van der Waals surface area contributed by atoms with Gasteiger partial charge in [-0.2, -0.15) is 4.98 Å². The van der Waals surface area contributed by atoms with Crippen LogP contribution in [0.3, 0.4) is 0 Å². The summed E-state index contributed by atoms with van der Waals surface area (Å²) >= 11 is 5.96. The lowest BCUT2D eigenvalue weighted by Crippen LogP contribution is -2.14. The Balaban J connectivity index is 2.59. The van der Waals surface area contributed by atoms with E-state index in [9.17, 15) is 0 Å². The number of nitrogens with one attached hydrogen (secondary N) is 1. The third-order valence-electron chi connectivity index (χ3n) is 2.07. The molecule has 0 spiro atoms. The summed E-state index contributed by atoms with van der Waals surface area (Å²) < 4.78 is 4.94. The van der Waals surface area contributed by atoms with Crippen LogP contribution in [0.15, 0.2) is 6.20 Å². The summed E-state index contributed by atoms with van der Waals surface area (Å²) in [6.45, 7) is 7.40. The van der Waals surface area contributed by atoms with Crippen molar-refractivity contribution in [3.63, 3.8) is 0 Å². The smallest absolute Gasteiger partial charge is 0.318 e. The Hall–Kier alpha value is -1.03. The average molecular weight is 244 g/mol. The second kappa shape index (κ2) is 5.34. The van der Waals surface area contributed by atoms with E-state index in [0.717, 1.165) is 13.0 Å². The van der Waals surface area contributed by atoms with Gasteiger partial charge in [0.2, 0.25) is 0 Å². The van der Waals surface area contributed by atoms with E-state index in [1.807, 2.05) is 0 Å². The van der Waals surface area contributed by atoms with Crippen LogP contribution in [0.25, 0.3) is 0 Å². The van der Waals surface area contributed by atoms with Crippen LogP contribution in [0.5, 0.6) is 6.01 Å². The molecule has 0 unspecified atom stereocenters. The van der Waals surface area contributed by atoms with Crippen molar-refractivity contribution in [1.82, 2.24) is 9.97 Å². The number of hydrogen-bond donors (Lipinski definition) is 1. The standard InChI is InChI=1S/C11H18ClN3O/c1-11(2,3)5-6-13-9-8(12)7-14-10(15-9)16-4/h7H,5-6H2,1-4H3,(H,13,14,15). The molecule has 1 aromatic rings. The first-order valence-electron chi connectivity index (χ1n) is 5.23. The highest BCUT2D eigenvalue weighted by Gasteiger charge is 2.10. The molecule has 1 heterocycles. The van der Waals surface area contributed by atoms with Crippen molar-refractivity contribution in [2.24, 2.45) is 5.41 Å². The predicted molar refractivity (Wildman–Crippen MR) is 66.2 cm³/mol. The zero-order valence-electron chi connectivity index (χ0n) is 10.2. The number of nitrogens with zero attached hydrogens (tertiary/aromatic N) is 2. The van der Waals surface area contributed by atoms with E-state index in [2.05, 4.69) is 36.1 Å². The number of rotatable bonds is 4. The second-order valence-corrected chi connectivity index (χ2v) is 5.20. The van der Waals surface area contributed by atoms with Crippen LogP contribution in [0.4, 0.5) is 5.82 Å². The molecular weight excluding hydrogens is 226 g/mol. The normalized spacial score (nSPS) is 11.3. The van der Waals surface area contributed by atoms with Crippen molar-refractivity contribution in [1.29, 1.82) is 0 Å². The fourth-order valence-electron chi connectivity index (χ4n) is 1.13. The molecular formula is C11H18ClN3O. The number of aromatic nitrogens is 2. The maximum Gasteiger partial charge on any atom is 0.318 e. The number of ether oxygens (including phenoxy) is 1. The van der Waals surface area contributed by atoms with E-state index < -0.39 is 0 Å². The summed E-state index contributed by atoms with van der Waals surface area (Å²) in [6, 6.07) is 0.322. The number of hydrogen-bond acceptors (Lipinski definition) is 4. The van der Waals surface area contributed by atoms with Gasteiger partial charge >= 0.3 is 6.01 Å². The van der Waals surface area contributed by atoms with Crippen molar-refractivity contribution in [3.8, 4) is 6.01 Å². The predicted octanol–water partition coefficient (Wildman–Crippen LogP) is 2.99. The van der Waals surface area contributed by atoms with E-state index in [0.29, 0.717) is 16.9 Å². The van der Waals surface area contributed by atoms with Gasteiger partial charge < -0.3 is 10.1 Å². The first-order valence-corrected chi connectivity index (χ1v) is 5.60. The van der Waals surface area contributed by atoms with E-state index in [1.165, 1.54) is 13.3 Å². The molecule has 1 N–H and O–H groups in total. The number of anilines is 1. The summed E-state index contributed by atoms with van der Waals surface area (Å²) in [6.07, 6.45) is 2.57. The Bertz CT molecular complexity index is 350. The fraction of sp³-hybridized carbons (Fsp3) is 0.636. The average Bonchev–Trinajstić information content (AvgIpc) is 2.19. The molecule has 1 rings (SSSR count). The molecule has 0 fully saturated rings. The van der Waals surface area contributed by atoms with Crippen LogP contribution < -0.4 is 10.1 Å². The monoisotopic (exact) mass is 243 g/mol. The zero-order valence-corrected chi connectivity index (χ0v) is 10.9. The molecule has 0 saturated heterocycles. The third-order valence-corrected chi connectivity index (χ3v) is 2.35. The quantitative estimate of drug-likeness (QED) is 0.883. The maximum absolute atomic E-state index is 5.96. The van der Waals surface area contributed by atoms with Crippen LogP contribution in [0.2, 0.25) is 5.02 Å². The summed E-state index contributed by atoms with van der Waals surface area (Å²) in [5.74, 6) is 0.623. The van der Waals surface area contributed by atoms with Crippen molar-refractivity contribution < 1.29 is 4.74 Å². The molecule has 0 amide bonds. The molecule has 4 nitrogen and oxygen atoms in total. The number of methoxy groups -OCH3 is 1. The van der Waals surface area contributed by atoms with Crippen molar-refractivity contribution >= 4 is 17.4 Å². The van der Waals surface area contributed by atoms with Gasteiger partial charge in [-0.3, -0.25) is 0 Å². The SMILES string of the molecule is COc1ncc(Cl)c(NCCC(C)(C)C)n1. The van der Waals surface area contributed by atoms with Gasteiger partial charge in [-0.15, -0.1) is 0 Å². The lowest BCUT2D eigenvalue weighted by molar-refractivity contribution is 0.379. The van der Waals surface area contributed by atoms with Gasteiger partial charge in [0.15, 0.2) is 5.82 Å². The van der Waals surface area contributed by atoms with E-state index in [-0.39, 0.29) is 5.41 Å². The third kappa shape index (κ3) is 4.23. The molecule has 90 valence electrons. The minimum absolute atomic E-state index is 0.288. The molecule has 0 saturated carbocycles. The van der Waals surface area contributed by atoms with Crippen molar-refractivity contribution in [2.45, 2.75) is 27.2 Å². The Morgan fingerprint density at radius 2 is 2.12 bits per heavy atom. The van der Waals surface area contributed by atoms with Gasteiger partial charge in [0.25, 0.3) is 0 Å². The molecule has 0 aliphatic rings. The molecule has 16 heavy (non-hydrogen) atoms. The molecule has 1 aromatic heterocycles. The van der Waals surface area contributed by atoms with E-state index >= 15 is 0 Å². The first-order chi connectivity index (χ1) is 7.42. The minimum atomic E-state index is 0.288. The highest BCUT2D eigenvalue weighted by atomic mass is 35.5. The van der Waals surface area contributed by atoms with Gasteiger partial charge in [-0.05, 0) is 11.8 Å².